The maximum atomic E-state index is 14.8. The van der Waals surface area contributed by atoms with Crippen LogP contribution in [-0.2, 0) is 18.6 Å². The Hall–Kier alpha value is -4.22. The van der Waals surface area contributed by atoms with Crippen molar-refractivity contribution < 1.29 is 53.4 Å². The number of aryl methyl sites for hydroxylation is 1. The zero-order chi connectivity index (χ0) is 30.1. The molecule has 4 rings (SSSR count). The van der Waals surface area contributed by atoms with Gasteiger partial charge >= 0.3 is 12.2 Å². The highest BCUT2D eigenvalue weighted by atomic mass is 19.3. The molecular formula is C29H18F10O2. The fourth-order valence-corrected chi connectivity index (χ4v) is 3.96. The van der Waals surface area contributed by atoms with E-state index in [0.29, 0.717) is 6.42 Å². The molecule has 2 nitrogen and oxygen atoms in total. The molecule has 12 heteroatoms. The van der Waals surface area contributed by atoms with Gasteiger partial charge in [0.1, 0.15) is 34.5 Å². The van der Waals surface area contributed by atoms with Gasteiger partial charge < -0.3 is 9.47 Å². The van der Waals surface area contributed by atoms with Crippen molar-refractivity contribution >= 4 is 0 Å². The summed E-state index contributed by atoms with van der Waals surface area (Å²) in [5, 5.41) is 0. The van der Waals surface area contributed by atoms with Crippen LogP contribution in [0.3, 0.4) is 0 Å². The van der Waals surface area contributed by atoms with Crippen LogP contribution in [-0.4, -0.2) is 0 Å². The average Bonchev–Trinajstić information content (AvgIpc) is 2.86. The van der Waals surface area contributed by atoms with Gasteiger partial charge in [-0.15, -0.1) is 0 Å². The first-order chi connectivity index (χ1) is 19.2. The highest BCUT2D eigenvalue weighted by Gasteiger charge is 2.43. The number of alkyl halides is 4. The van der Waals surface area contributed by atoms with Gasteiger partial charge in [0.2, 0.25) is 0 Å². The molecule has 0 aliphatic rings. The van der Waals surface area contributed by atoms with Gasteiger partial charge in [0.25, 0.3) is 0 Å². The number of benzene rings is 4. The molecule has 4 aromatic rings. The highest BCUT2D eigenvalue weighted by molar-refractivity contribution is 5.65. The molecule has 0 amide bonds. The molecule has 216 valence electrons. The minimum absolute atomic E-state index is 0.0152. The van der Waals surface area contributed by atoms with E-state index in [0.717, 1.165) is 24.1 Å². The van der Waals surface area contributed by atoms with Crippen molar-refractivity contribution in [1.29, 1.82) is 0 Å². The second kappa shape index (κ2) is 11.3. The molecule has 0 aliphatic heterocycles. The monoisotopic (exact) mass is 588 g/mol. The van der Waals surface area contributed by atoms with E-state index in [2.05, 4.69) is 9.47 Å². The summed E-state index contributed by atoms with van der Waals surface area (Å²) in [6.45, 7) is 1.93. The smallest absolute Gasteiger partial charge is 0.429 e. The summed E-state index contributed by atoms with van der Waals surface area (Å²) in [4.78, 5) is 0. The molecule has 0 bridgehead atoms. The lowest BCUT2D eigenvalue weighted by Crippen LogP contribution is -2.26. The first-order valence-corrected chi connectivity index (χ1v) is 11.9. The first kappa shape index (κ1) is 29.8. The largest absolute Gasteiger partial charge is 0.432 e. The van der Waals surface area contributed by atoms with Crippen molar-refractivity contribution in [2.75, 3.05) is 0 Å². The Morgan fingerprint density at radius 2 is 1.10 bits per heavy atom. The van der Waals surface area contributed by atoms with Crippen LogP contribution in [0.4, 0.5) is 43.9 Å². The predicted octanol–water partition coefficient (Wildman–Crippen LogP) is 9.40. The summed E-state index contributed by atoms with van der Waals surface area (Å²) in [5.74, 6) is -13.1. The molecule has 0 heterocycles. The lowest BCUT2D eigenvalue weighted by Gasteiger charge is -2.22. The molecule has 0 fully saturated rings. The van der Waals surface area contributed by atoms with E-state index in [1.54, 1.807) is 6.07 Å². The first-order valence-electron chi connectivity index (χ1n) is 11.9. The lowest BCUT2D eigenvalue weighted by atomic mass is 10.00. The minimum atomic E-state index is -4.91. The summed E-state index contributed by atoms with van der Waals surface area (Å²) in [5.41, 5.74) is -1.72. The Balaban J connectivity index is 1.55. The molecule has 41 heavy (non-hydrogen) atoms. The molecule has 0 aliphatic carbocycles. The molecule has 0 aromatic heterocycles. The topological polar surface area (TPSA) is 18.5 Å². The van der Waals surface area contributed by atoms with Crippen LogP contribution in [0.5, 0.6) is 11.5 Å². The van der Waals surface area contributed by atoms with Gasteiger partial charge in [0.15, 0.2) is 17.5 Å². The van der Waals surface area contributed by atoms with Crippen molar-refractivity contribution in [3.05, 3.63) is 118 Å². The zero-order valence-corrected chi connectivity index (χ0v) is 20.9. The zero-order valence-electron chi connectivity index (χ0n) is 20.9. The van der Waals surface area contributed by atoms with E-state index >= 15 is 0 Å². The number of hydrogen-bond acceptors (Lipinski definition) is 2. The van der Waals surface area contributed by atoms with Gasteiger partial charge in [-0.1, -0.05) is 37.6 Å². The second-order valence-corrected chi connectivity index (χ2v) is 8.84. The molecule has 0 atom stereocenters. The van der Waals surface area contributed by atoms with Crippen LogP contribution >= 0.6 is 0 Å². The van der Waals surface area contributed by atoms with Crippen LogP contribution in [0.1, 0.15) is 30.0 Å². The molecular weight excluding hydrogens is 570 g/mol. The molecule has 0 radical (unpaired) electrons. The number of ether oxygens (including phenoxy) is 2. The van der Waals surface area contributed by atoms with E-state index < -0.39 is 69.7 Å². The van der Waals surface area contributed by atoms with Crippen LogP contribution < -0.4 is 9.47 Å². The van der Waals surface area contributed by atoms with E-state index in [9.17, 15) is 43.9 Å². The van der Waals surface area contributed by atoms with E-state index in [-0.39, 0.29) is 35.4 Å². The molecule has 0 N–H and O–H groups in total. The van der Waals surface area contributed by atoms with Crippen molar-refractivity contribution in [3.8, 4) is 22.6 Å². The maximum absolute atomic E-state index is 14.8. The maximum Gasteiger partial charge on any atom is 0.432 e. The van der Waals surface area contributed by atoms with Crippen LogP contribution in [0.2, 0.25) is 0 Å². The fourth-order valence-electron chi connectivity index (χ4n) is 3.96. The summed E-state index contributed by atoms with van der Waals surface area (Å²) in [6.07, 6.45) is -7.68. The molecule has 4 aromatic carbocycles. The summed E-state index contributed by atoms with van der Waals surface area (Å²) < 4.78 is 150. The van der Waals surface area contributed by atoms with Crippen molar-refractivity contribution in [2.45, 2.75) is 32.0 Å². The standard InChI is InChI=1S/C29H18F10O2/c1-2-3-15-4-9-20(21(30)10-15)16-5-7-17(8-6-16)28(36,37)40-18-11-22(31)26(23(32)12-18)29(38,39)41-19-13-24(33)27(35)25(34)14-19/h4-14H,2-3H2,1H3. The van der Waals surface area contributed by atoms with E-state index in [1.165, 1.54) is 24.3 Å². The van der Waals surface area contributed by atoms with E-state index in [1.807, 2.05) is 6.92 Å². The van der Waals surface area contributed by atoms with Gasteiger partial charge in [-0.2, -0.15) is 17.6 Å². The Labute approximate surface area is 226 Å². The Morgan fingerprint density at radius 3 is 1.61 bits per heavy atom. The van der Waals surface area contributed by atoms with Gasteiger partial charge in [-0.3, -0.25) is 0 Å². The highest BCUT2D eigenvalue weighted by Crippen LogP contribution is 2.39. The van der Waals surface area contributed by atoms with Gasteiger partial charge in [0.05, 0.1) is 5.56 Å². The molecule has 0 spiro atoms. The Bertz CT molecular complexity index is 1520. The second-order valence-electron chi connectivity index (χ2n) is 8.84. The average molecular weight is 588 g/mol. The number of halogens is 10. The fraction of sp³-hybridized carbons (Fsp3) is 0.172. The van der Waals surface area contributed by atoms with Crippen LogP contribution in [0.15, 0.2) is 66.7 Å². The normalized spacial score (nSPS) is 12.0. The summed E-state index contributed by atoms with van der Waals surface area (Å²) in [6, 6.07) is 8.74. The van der Waals surface area contributed by atoms with Gasteiger partial charge in [0, 0.05) is 29.8 Å². The minimum Gasteiger partial charge on any atom is -0.429 e. The third kappa shape index (κ3) is 6.41. The van der Waals surface area contributed by atoms with Gasteiger partial charge in [-0.05, 0) is 35.7 Å². The Kier molecular flexibility index (Phi) is 8.23. The quantitative estimate of drug-likeness (QED) is 0.143. The SMILES string of the molecule is CCCc1ccc(-c2ccc(C(F)(F)Oc3cc(F)c(C(F)(F)Oc4cc(F)c(F)c(F)c4)c(F)c3)cc2)c(F)c1. The summed E-state index contributed by atoms with van der Waals surface area (Å²) in [7, 11) is 0. The third-order valence-electron chi connectivity index (χ3n) is 5.86. The molecule has 0 saturated carbocycles. The third-order valence-corrected chi connectivity index (χ3v) is 5.86. The summed E-state index contributed by atoms with van der Waals surface area (Å²) >= 11 is 0. The van der Waals surface area contributed by atoms with Crippen LogP contribution in [0, 0.1) is 34.9 Å². The number of hydrogen-bond donors (Lipinski definition) is 0. The van der Waals surface area contributed by atoms with Crippen molar-refractivity contribution in [3.63, 3.8) is 0 Å². The Morgan fingerprint density at radius 1 is 0.585 bits per heavy atom. The van der Waals surface area contributed by atoms with Crippen molar-refractivity contribution in [1.82, 2.24) is 0 Å². The van der Waals surface area contributed by atoms with Gasteiger partial charge in [-0.25, -0.2) is 26.3 Å². The van der Waals surface area contributed by atoms with E-state index in [4.69, 9.17) is 0 Å². The predicted molar refractivity (Wildman–Crippen MR) is 128 cm³/mol. The number of rotatable bonds is 9. The van der Waals surface area contributed by atoms with Crippen molar-refractivity contribution in [2.24, 2.45) is 0 Å². The molecule has 0 unspecified atom stereocenters. The molecule has 0 saturated heterocycles. The lowest BCUT2D eigenvalue weighted by molar-refractivity contribution is -0.190. The van der Waals surface area contributed by atoms with Crippen LogP contribution in [0.25, 0.3) is 11.1 Å².